The molecule has 4 heteroatoms. The van der Waals surface area contributed by atoms with Gasteiger partial charge < -0.3 is 10.2 Å². The van der Waals surface area contributed by atoms with Crippen LogP contribution >= 0.6 is 11.8 Å². The first-order valence-corrected chi connectivity index (χ1v) is 7.39. The molecule has 0 bridgehead atoms. The highest BCUT2D eigenvalue weighted by atomic mass is 32.2. The average molecular weight is 284 g/mol. The monoisotopic (exact) mass is 284 g/mol. The summed E-state index contributed by atoms with van der Waals surface area (Å²) in [6, 6.07) is 15.8. The van der Waals surface area contributed by atoms with Crippen molar-refractivity contribution < 1.29 is 4.79 Å². The van der Waals surface area contributed by atoms with E-state index in [0.29, 0.717) is 5.56 Å². The first-order valence-electron chi connectivity index (χ1n) is 6.51. The van der Waals surface area contributed by atoms with Gasteiger partial charge in [-0.1, -0.05) is 41.6 Å². The molecule has 2 aromatic carbocycles. The van der Waals surface area contributed by atoms with Gasteiger partial charge in [0, 0.05) is 17.5 Å². The second-order valence-electron chi connectivity index (χ2n) is 4.89. The molecule has 1 N–H and O–H groups in total. The van der Waals surface area contributed by atoms with E-state index in [4.69, 9.17) is 0 Å². The van der Waals surface area contributed by atoms with Crippen LogP contribution in [-0.2, 0) is 0 Å². The molecule has 0 aromatic heterocycles. The number of fused-ring (bicyclic) bond motifs is 1. The van der Waals surface area contributed by atoms with Crippen molar-refractivity contribution >= 4 is 23.4 Å². The van der Waals surface area contributed by atoms with Gasteiger partial charge in [0.15, 0.2) is 5.50 Å². The Bertz CT molecular complexity index is 639. The van der Waals surface area contributed by atoms with Gasteiger partial charge in [-0.15, -0.1) is 0 Å². The molecular weight excluding hydrogens is 268 g/mol. The van der Waals surface area contributed by atoms with E-state index in [1.807, 2.05) is 50.4 Å². The van der Waals surface area contributed by atoms with Crippen LogP contribution in [0.1, 0.15) is 15.9 Å². The van der Waals surface area contributed by atoms with E-state index < -0.39 is 0 Å². The minimum atomic E-state index is -0.0544. The van der Waals surface area contributed by atoms with Crippen LogP contribution in [0.2, 0.25) is 0 Å². The van der Waals surface area contributed by atoms with Gasteiger partial charge in [0.05, 0.1) is 5.69 Å². The summed E-state index contributed by atoms with van der Waals surface area (Å²) >= 11 is 1.66. The largest absolute Gasteiger partial charge is 0.345 e. The number of carbonyl (C=O) groups is 1. The second kappa shape index (κ2) is 5.21. The van der Waals surface area contributed by atoms with Crippen LogP contribution in [0.15, 0.2) is 53.4 Å². The van der Waals surface area contributed by atoms with E-state index in [1.54, 1.807) is 11.8 Å². The molecule has 0 radical (unpaired) electrons. The van der Waals surface area contributed by atoms with Crippen molar-refractivity contribution in [1.29, 1.82) is 0 Å². The van der Waals surface area contributed by atoms with Crippen molar-refractivity contribution in [3.63, 3.8) is 0 Å². The summed E-state index contributed by atoms with van der Waals surface area (Å²) in [4.78, 5) is 15.5. The summed E-state index contributed by atoms with van der Waals surface area (Å²) in [5, 5.41) is 3.06. The number of anilines is 1. The van der Waals surface area contributed by atoms with Gasteiger partial charge in [0.25, 0.3) is 5.91 Å². The minimum absolute atomic E-state index is 0.0397. The summed E-state index contributed by atoms with van der Waals surface area (Å²) < 4.78 is 0. The maximum atomic E-state index is 12.3. The van der Waals surface area contributed by atoms with E-state index in [-0.39, 0.29) is 11.4 Å². The fourth-order valence-electron chi connectivity index (χ4n) is 2.20. The molecule has 1 heterocycles. The second-order valence-corrected chi connectivity index (χ2v) is 6.01. The Morgan fingerprint density at radius 1 is 1.15 bits per heavy atom. The first kappa shape index (κ1) is 13.1. The van der Waals surface area contributed by atoms with Crippen LogP contribution in [0.4, 0.5) is 5.69 Å². The molecule has 0 saturated carbocycles. The average Bonchev–Trinajstić information content (AvgIpc) is 2.77. The molecule has 3 nitrogen and oxygen atoms in total. The zero-order chi connectivity index (χ0) is 14.1. The zero-order valence-electron chi connectivity index (χ0n) is 11.5. The number of hydrogen-bond acceptors (Lipinski definition) is 3. The number of nitrogens with one attached hydrogen (secondary N) is 1. The molecule has 0 aliphatic carbocycles. The Balaban J connectivity index is 1.74. The first-order chi connectivity index (χ1) is 9.65. The SMILES string of the molecule is Cc1ccc(C(=O)NC2Sc3ccccc3N2C)cc1. The maximum absolute atomic E-state index is 12.3. The quantitative estimate of drug-likeness (QED) is 0.918. The number of thioether (sulfide) groups is 1. The number of rotatable bonds is 2. The fraction of sp³-hybridized carbons (Fsp3) is 0.188. The summed E-state index contributed by atoms with van der Waals surface area (Å²) in [5.74, 6) is -0.0397. The van der Waals surface area contributed by atoms with E-state index in [0.717, 1.165) is 11.3 Å². The van der Waals surface area contributed by atoms with Crippen LogP contribution in [-0.4, -0.2) is 18.5 Å². The lowest BCUT2D eigenvalue weighted by Gasteiger charge is -2.22. The predicted octanol–water partition coefficient (Wildman–Crippen LogP) is 3.25. The Kier molecular flexibility index (Phi) is 3.40. The number of amides is 1. The number of hydrogen-bond donors (Lipinski definition) is 1. The van der Waals surface area contributed by atoms with Gasteiger partial charge in [-0.25, -0.2) is 0 Å². The summed E-state index contributed by atoms with van der Waals surface area (Å²) in [5.41, 5.74) is 2.95. The van der Waals surface area contributed by atoms with Crippen LogP contribution in [0, 0.1) is 6.92 Å². The molecule has 0 saturated heterocycles. The predicted molar refractivity (Wildman–Crippen MR) is 83.1 cm³/mol. The third-order valence-corrected chi connectivity index (χ3v) is 4.66. The van der Waals surface area contributed by atoms with Gasteiger partial charge in [0.2, 0.25) is 0 Å². The molecule has 102 valence electrons. The van der Waals surface area contributed by atoms with Gasteiger partial charge in [-0.05, 0) is 31.2 Å². The van der Waals surface area contributed by atoms with Crippen molar-refractivity contribution in [3.8, 4) is 0 Å². The molecule has 1 aliphatic heterocycles. The van der Waals surface area contributed by atoms with E-state index in [9.17, 15) is 4.79 Å². The smallest absolute Gasteiger partial charge is 0.253 e. The summed E-state index contributed by atoms with van der Waals surface area (Å²) in [7, 11) is 2.00. The highest BCUT2D eigenvalue weighted by molar-refractivity contribution is 8.00. The molecule has 3 rings (SSSR count). The Labute approximate surface area is 123 Å². The van der Waals surface area contributed by atoms with E-state index in [2.05, 4.69) is 22.3 Å². The molecule has 0 spiro atoms. The topological polar surface area (TPSA) is 32.3 Å². The lowest BCUT2D eigenvalue weighted by Crippen LogP contribution is -2.41. The third-order valence-electron chi connectivity index (χ3n) is 3.40. The number of carbonyl (C=O) groups excluding carboxylic acids is 1. The maximum Gasteiger partial charge on any atom is 0.253 e. The minimum Gasteiger partial charge on any atom is -0.345 e. The van der Waals surface area contributed by atoms with Crippen molar-refractivity contribution in [2.45, 2.75) is 17.3 Å². The van der Waals surface area contributed by atoms with Crippen molar-refractivity contribution in [2.75, 3.05) is 11.9 Å². The Morgan fingerprint density at radius 3 is 2.55 bits per heavy atom. The lowest BCUT2D eigenvalue weighted by molar-refractivity contribution is 0.0950. The summed E-state index contributed by atoms with van der Waals surface area (Å²) in [6.45, 7) is 2.01. The molecular formula is C16H16N2OS. The number of benzene rings is 2. The van der Waals surface area contributed by atoms with Crippen molar-refractivity contribution in [2.24, 2.45) is 0 Å². The highest BCUT2D eigenvalue weighted by Gasteiger charge is 2.28. The van der Waals surface area contributed by atoms with Crippen molar-refractivity contribution in [3.05, 3.63) is 59.7 Å². The van der Waals surface area contributed by atoms with Gasteiger partial charge in [0.1, 0.15) is 0 Å². The molecule has 1 aliphatic rings. The van der Waals surface area contributed by atoms with Crippen LogP contribution < -0.4 is 10.2 Å². The molecule has 1 atom stereocenters. The number of para-hydroxylation sites is 1. The number of nitrogens with zero attached hydrogens (tertiary/aromatic N) is 1. The normalized spacial score (nSPS) is 16.9. The molecule has 2 aromatic rings. The molecule has 1 amide bonds. The standard InChI is InChI=1S/C16H16N2OS/c1-11-7-9-12(10-8-11)15(19)17-16-18(2)13-5-3-4-6-14(13)20-16/h3-10,16H,1-2H3,(H,17,19). The van der Waals surface area contributed by atoms with E-state index in [1.165, 1.54) is 4.90 Å². The van der Waals surface area contributed by atoms with Crippen LogP contribution in [0.25, 0.3) is 0 Å². The van der Waals surface area contributed by atoms with Gasteiger partial charge in [-0.3, -0.25) is 4.79 Å². The van der Waals surface area contributed by atoms with Gasteiger partial charge >= 0.3 is 0 Å². The van der Waals surface area contributed by atoms with Gasteiger partial charge in [-0.2, -0.15) is 0 Å². The molecule has 1 unspecified atom stereocenters. The third kappa shape index (κ3) is 2.39. The highest BCUT2D eigenvalue weighted by Crippen LogP contribution is 2.40. The van der Waals surface area contributed by atoms with E-state index >= 15 is 0 Å². The zero-order valence-corrected chi connectivity index (χ0v) is 12.3. The lowest BCUT2D eigenvalue weighted by atomic mass is 10.1. The Morgan fingerprint density at radius 2 is 1.85 bits per heavy atom. The molecule has 20 heavy (non-hydrogen) atoms. The fourth-order valence-corrected chi connectivity index (χ4v) is 3.37. The summed E-state index contributed by atoms with van der Waals surface area (Å²) in [6.07, 6.45) is 0. The molecule has 0 fully saturated rings. The van der Waals surface area contributed by atoms with Crippen LogP contribution in [0.3, 0.4) is 0 Å². The van der Waals surface area contributed by atoms with Crippen molar-refractivity contribution in [1.82, 2.24) is 5.32 Å². The van der Waals surface area contributed by atoms with Crippen LogP contribution in [0.5, 0.6) is 0 Å². The Hall–Kier alpha value is -1.94. The number of aryl methyl sites for hydroxylation is 1.